The predicted octanol–water partition coefficient (Wildman–Crippen LogP) is 0.435. The summed E-state index contributed by atoms with van der Waals surface area (Å²) in [5.41, 5.74) is 17.8. The molecule has 0 N–H and O–H groups in total. The van der Waals surface area contributed by atoms with E-state index in [-0.39, 0.29) is 12.1 Å². The third-order valence-electron chi connectivity index (χ3n) is 1.62. The van der Waals surface area contributed by atoms with Gasteiger partial charge in [0.25, 0.3) is 0 Å². The van der Waals surface area contributed by atoms with Crippen molar-refractivity contribution >= 4 is 0 Å². The molecule has 44 valence electrons. The zero-order chi connectivity index (χ0) is 5.98. The molecule has 0 aromatic heterocycles. The molecule has 0 heterocycles. The molecule has 2 nitrogen and oxygen atoms in total. The molecule has 2 unspecified atom stereocenters. The molecule has 1 saturated carbocycles. The fourth-order valence-corrected chi connectivity index (χ4v) is 1.14. The van der Waals surface area contributed by atoms with Crippen LogP contribution in [0.15, 0.2) is 0 Å². The molecule has 0 amide bonds. The topological polar surface area (TPSA) is 44.6 Å². The van der Waals surface area contributed by atoms with Crippen LogP contribution in [0.3, 0.4) is 0 Å². The Morgan fingerprint density at radius 3 is 1.75 bits per heavy atom. The summed E-state index contributed by atoms with van der Waals surface area (Å²) in [5.74, 6) is 0. The van der Waals surface area contributed by atoms with Crippen LogP contribution < -0.4 is 11.5 Å². The van der Waals surface area contributed by atoms with Crippen molar-refractivity contribution < 1.29 is 0 Å². The Hall–Kier alpha value is -0.0800. The van der Waals surface area contributed by atoms with Crippen molar-refractivity contribution in [2.75, 3.05) is 0 Å². The van der Waals surface area contributed by atoms with Gasteiger partial charge in [0.1, 0.15) is 0 Å². The van der Waals surface area contributed by atoms with E-state index in [4.69, 9.17) is 11.5 Å². The summed E-state index contributed by atoms with van der Waals surface area (Å²) >= 11 is 0. The van der Waals surface area contributed by atoms with Crippen molar-refractivity contribution in [1.82, 2.24) is 11.5 Å². The number of rotatable bonds is 0. The SMILES string of the molecule is [N]C1CCCC([N])C1. The number of hydrogen-bond donors (Lipinski definition) is 0. The van der Waals surface area contributed by atoms with Crippen molar-refractivity contribution in [2.24, 2.45) is 0 Å². The maximum absolute atomic E-state index is 8.92. The first kappa shape index (κ1) is 6.05. The fourth-order valence-electron chi connectivity index (χ4n) is 1.14. The quantitative estimate of drug-likeness (QED) is 0.434. The van der Waals surface area contributed by atoms with E-state index >= 15 is 0 Å². The minimum Gasteiger partial charge on any atom is -0.141 e. The van der Waals surface area contributed by atoms with Gasteiger partial charge in [0.15, 0.2) is 0 Å². The lowest BCUT2D eigenvalue weighted by Gasteiger charge is -2.19. The van der Waals surface area contributed by atoms with Gasteiger partial charge in [-0.05, 0) is 19.3 Å². The average Bonchev–Trinajstić information content (AvgIpc) is 1.64. The van der Waals surface area contributed by atoms with E-state index in [1.54, 1.807) is 0 Å². The second-order valence-corrected chi connectivity index (χ2v) is 2.47. The van der Waals surface area contributed by atoms with Gasteiger partial charge in [0.05, 0.1) is 0 Å². The summed E-state index contributed by atoms with van der Waals surface area (Å²) in [6.45, 7) is 0. The molecule has 1 fully saturated rings. The first-order valence-electron chi connectivity index (χ1n) is 3.15. The fraction of sp³-hybridized carbons (Fsp3) is 1.00. The Bertz CT molecular complexity index is 64.9. The van der Waals surface area contributed by atoms with Crippen LogP contribution >= 0.6 is 0 Å². The molecule has 2 atom stereocenters. The first-order chi connectivity index (χ1) is 3.79. The number of nitrogens with zero attached hydrogens (tertiary/aromatic N) is 2. The van der Waals surface area contributed by atoms with Crippen molar-refractivity contribution in [3.63, 3.8) is 0 Å². The van der Waals surface area contributed by atoms with Crippen LogP contribution in [0.5, 0.6) is 0 Å². The average molecular weight is 110 g/mol. The molecule has 0 aliphatic heterocycles. The summed E-state index contributed by atoms with van der Waals surface area (Å²) in [7, 11) is 0. The normalized spacial score (nSPS) is 39.8. The molecule has 0 spiro atoms. The molecule has 4 radical (unpaired) electrons. The van der Waals surface area contributed by atoms with Crippen LogP contribution in [0, 0.1) is 0 Å². The van der Waals surface area contributed by atoms with Gasteiger partial charge in [-0.3, -0.25) is 0 Å². The van der Waals surface area contributed by atoms with Crippen molar-refractivity contribution in [3.05, 3.63) is 0 Å². The molecule has 1 aliphatic rings. The Morgan fingerprint density at radius 2 is 1.50 bits per heavy atom. The van der Waals surface area contributed by atoms with Crippen LogP contribution in [0.25, 0.3) is 0 Å². The van der Waals surface area contributed by atoms with Crippen LogP contribution in [0.4, 0.5) is 0 Å². The van der Waals surface area contributed by atoms with E-state index in [1.165, 1.54) is 0 Å². The second kappa shape index (κ2) is 2.46. The van der Waals surface area contributed by atoms with Gasteiger partial charge < -0.3 is 0 Å². The van der Waals surface area contributed by atoms with Gasteiger partial charge >= 0.3 is 0 Å². The van der Waals surface area contributed by atoms with E-state index in [0.717, 1.165) is 19.3 Å². The lowest BCUT2D eigenvalue weighted by molar-refractivity contribution is 0.378. The highest BCUT2D eigenvalue weighted by atomic mass is 14.7. The van der Waals surface area contributed by atoms with Gasteiger partial charge in [0.2, 0.25) is 0 Å². The summed E-state index contributed by atoms with van der Waals surface area (Å²) in [5, 5.41) is 0. The monoisotopic (exact) mass is 110 g/mol. The Balaban J connectivity index is 2.23. The molecular formula is C6H10N2. The van der Waals surface area contributed by atoms with Crippen LogP contribution in [0.2, 0.25) is 0 Å². The third-order valence-corrected chi connectivity index (χ3v) is 1.62. The summed E-state index contributed by atoms with van der Waals surface area (Å²) in [6, 6.07) is -0.475. The lowest BCUT2D eigenvalue weighted by Crippen LogP contribution is -2.25. The molecule has 0 saturated heterocycles. The van der Waals surface area contributed by atoms with Crippen molar-refractivity contribution in [1.29, 1.82) is 0 Å². The largest absolute Gasteiger partial charge is 0.141 e. The zero-order valence-electron chi connectivity index (χ0n) is 4.88. The second-order valence-electron chi connectivity index (χ2n) is 2.47. The van der Waals surface area contributed by atoms with Gasteiger partial charge in [0, 0.05) is 12.1 Å². The van der Waals surface area contributed by atoms with E-state index in [0.29, 0.717) is 6.42 Å². The summed E-state index contributed by atoms with van der Waals surface area (Å²) in [6.07, 6.45) is 3.30. The highest BCUT2D eigenvalue weighted by Gasteiger charge is 2.17. The third kappa shape index (κ3) is 1.46. The first-order valence-corrected chi connectivity index (χ1v) is 3.15. The Labute approximate surface area is 50.2 Å². The van der Waals surface area contributed by atoms with E-state index in [2.05, 4.69) is 0 Å². The van der Waals surface area contributed by atoms with Gasteiger partial charge in [-0.2, -0.15) is 0 Å². The van der Waals surface area contributed by atoms with Crippen molar-refractivity contribution in [3.8, 4) is 0 Å². The Morgan fingerprint density at radius 1 is 1.00 bits per heavy atom. The van der Waals surface area contributed by atoms with E-state index in [9.17, 15) is 0 Å². The van der Waals surface area contributed by atoms with Gasteiger partial charge in [-0.25, -0.2) is 0 Å². The van der Waals surface area contributed by atoms with Crippen LogP contribution in [-0.4, -0.2) is 12.1 Å². The van der Waals surface area contributed by atoms with Crippen LogP contribution in [0.1, 0.15) is 25.7 Å². The zero-order valence-corrected chi connectivity index (χ0v) is 4.88. The number of hydrogen-bond acceptors (Lipinski definition) is 0. The minimum absolute atomic E-state index is 0.237. The highest BCUT2D eigenvalue weighted by molar-refractivity contribution is 4.75. The molecule has 0 aromatic rings. The van der Waals surface area contributed by atoms with E-state index in [1.807, 2.05) is 0 Å². The molecular weight excluding hydrogens is 100 g/mol. The maximum atomic E-state index is 8.92. The summed E-state index contributed by atoms with van der Waals surface area (Å²) < 4.78 is 0. The van der Waals surface area contributed by atoms with Gasteiger partial charge in [-0.1, -0.05) is 6.42 Å². The molecule has 2 heteroatoms. The summed E-state index contributed by atoms with van der Waals surface area (Å²) in [4.78, 5) is 0. The van der Waals surface area contributed by atoms with Crippen molar-refractivity contribution in [2.45, 2.75) is 37.8 Å². The molecule has 8 heavy (non-hydrogen) atoms. The standard InChI is InChI=1S/C6H10N2/c7-5-2-1-3-6(8)4-5/h5-6H,1-4H2. The van der Waals surface area contributed by atoms with Gasteiger partial charge in [-0.15, -0.1) is 11.5 Å². The molecule has 1 rings (SSSR count). The lowest BCUT2D eigenvalue weighted by atomic mass is 9.92. The molecule has 0 bridgehead atoms. The maximum Gasteiger partial charge on any atom is 0.0449 e. The predicted molar refractivity (Wildman–Crippen MR) is 30.3 cm³/mol. The molecule has 0 aromatic carbocycles. The highest BCUT2D eigenvalue weighted by Crippen LogP contribution is 2.16. The van der Waals surface area contributed by atoms with E-state index < -0.39 is 0 Å². The Kier molecular flexibility index (Phi) is 1.86. The van der Waals surface area contributed by atoms with Crippen LogP contribution in [-0.2, 0) is 0 Å². The molecule has 1 aliphatic carbocycles. The smallest absolute Gasteiger partial charge is 0.0449 e. The minimum atomic E-state index is -0.237.